The quantitative estimate of drug-likeness (QED) is 0.599. The van der Waals surface area contributed by atoms with Crippen LogP contribution in [0.15, 0.2) is 0 Å². The zero-order valence-electron chi connectivity index (χ0n) is 11.4. The van der Waals surface area contributed by atoms with Gasteiger partial charge in [0.05, 0.1) is 0 Å². The molecule has 0 spiro atoms. The largest absolute Gasteiger partial charge is 0.356 e. The molecule has 17 heavy (non-hydrogen) atoms. The van der Waals surface area contributed by atoms with Gasteiger partial charge >= 0.3 is 0 Å². The van der Waals surface area contributed by atoms with Gasteiger partial charge in [-0.1, -0.05) is 13.8 Å². The van der Waals surface area contributed by atoms with Crippen molar-refractivity contribution in [3.63, 3.8) is 0 Å². The number of likely N-dealkylation sites (N-methyl/N-ethyl adjacent to an activating group) is 1. The van der Waals surface area contributed by atoms with Crippen LogP contribution >= 0.6 is 0 Å². The highest BCUT2D eigenvalue weighted by Gasteiger charge is 2.08. The molecular formula is C12H25N3O2. The van der Waals surface area contributed by atoms with E-state index in [1.165, 1.54) is 0 Å². The molecule has 0 aliphatic heterocycles. The Kier molecular flexibility index (Phi) is 8.40. The summed E-state index contributed by atoms with van der Waals surface area (Å²) in [5, 5.41) is 5.44. The van der Waals surface area contributed by atoms with Crippen LogP contribution in [0.1, 0.15) is 26.7 Å². The zero-order valence-corrected chi connectivity index (χ0v) is 11.4. The van der Waals surface area contributed by atoms with E-state index in [2.05, 4.69) is 24.5 Å². The first-order chi connectivity index (χ1) is 7.91. The van der Waals surface area contributed by atoms with Gasteiger partial charge in [0.1, 0.15) is 6.42 Å². The highest BCUT2D eigenvalue weighted by Crippen LogP contribution is 1.96. The molecule has 100 valence electrons. The van der Waals surface area contributed by atoms with E-state index in [0.29, 0.717) is 19.0 Å². The number of carbonyl (C=O) groups is 2. The summed E-state index contributed by atoms with van der Waals surface area (Å²) in [7, 11) is 3.87. The second-order valence-corrected chi connectivity index (χ2v) is 4.86. The fourth-order valence-electron chi connectivity index (χ4n) is 1.19. The van der Waals surface area contributed by atoms with Gasteiger partial charge in [-0.2, -0.15) is 0 Å². The molecule has 0 aliphatic rings. The maximum atomic E-state index is 11.3. The van der Waals surface area contributed by atoms with Gasteiger partial charge in [-0.05, 0) is 26.4 Å². The molecule has 0 aliphatic carbocycles. The predicted molar refractivity (Wildman–Crippen MR) is 68.6 cm³/mol. The average Bonchev–Trinajstić information content (AvgIpc) is 2.15. The zero-order chi connectivity index (χ0) is 13.3. The molecule has 0 aromatic carbocycles. The number of amides is 2. The Morgan fingerprint density at radius 3 is 2.06 bits per heavy atom. The molecule has 0 aromatic heterocycles. The Morgan fingerprint density at radius 2 is 1.59 bits per heavy atom. The molecule has 0 rings (SSSR count). The third kappa shape index (κ3) is 11.2. The summed E-state index contributed by atoms with van der Waals surface area (Å²) in [5.41, 5.74) is 0. The Morgan fingerprint density at radius 1 is 1.06 bits per heavy atom. The SMILES string of the molecule is CC(C)CCNC(=O)CC(=O)NCCN(C)C. The highest BCUT2D eigenvalue weighted by atomic mass is 16.2. The lowest BCUT2D eigenvalue weighted by atomic mass is 10.1. The number of nitrogens with one attached hydrogen (secondary N) is 2. The fourth-order valence-corrected chi connectivity index (χ4v) is 1.19. The molecule has 2 amide bonds. The third-order valence-electron chi connectivity index (χ3n) is 2.25. The number of hydrogen-bond acceptors (Lipinski definition) is 3. The summed E-state index contributed by atoms with van der Waals surface area (Å²) in [6.45, 7) is 6.19. The van der Waals surface area contributed by atoms with Crippen molar-refractivity contribution in [3.8, 4) is 0 Å². The molecular weight excluding hydrogens is 218 g/mol. The van der Waals surface area contributed by atoms with Crippen LogP contribution in [0.3, 0.4) is 0 Å². The van der Waals surface area contributed by atoms with Crippen LogP contribution in [0.2, 0.25) is 0 Å². The van der Waals surface area contributed by atoms with Gasteiger partial charge < -0.3 is 15.5 Å². The lowest BCUT2D eigenvalue weighted by molar-refractivity contribution is -0.129. The van der Waals surface area contributed by atoms with E-state index in [-0.39, 0.29) is 18.2 Å². The van der Waals surface area contributed by atoms with Gasteiger partial charge in [-0.25, -0.2) is 0 Å². The van der Waals surface area contributed by atoms with Gasteiger partial charge in [0.25, 0.3) is 0 Å². The third-order valence-corrected chi connectivity index (χ3v) is 2.25. The van der Waals surface area contributed by atoms with E-state index in [0.717, 1.165) is 13.0 Å². The molecule has 5 nitrogen and oxygen atoms in total. The fraction of sp³-hybridized carbons (Fsp3) is 0.833. The molecule has 0 radical (unpaired) electrons. The van der Waals surface area contributed by atoms with Crippen molar-refractivity contribution in [2.75, 3.05) is 33.7 Å². The first-order valence-corrected chi connectivity index (χ1v) is 6.10. The van der Waals surface area contributed by atoms with Gasteiger partial charge in [0.15, 0.2) is 0 Å². The predicted octanol–water partition coefficient (Wildman–Crippen LogP) is 0.217. The van der Waals surface area contributed by atoms with Crippen LogP contribution in [-0.2, 0) is 9.59 Å². The van der Waals surface area contributed by atoms with E-state index in [1.54, 1.807) is 0 Å². The van der Waals surface area contributed by atoms with E-state index in [4.69, 9.17) is 0 Å². The molecule has 0 saturated carbocycles. The lowest BCUT2D eigenvalue weighted by Gasteiger charge is -2.10. The summed E-state index contributed by atoms with van der Waals surface area (Å²) in [6.07, 6.45) is 0.861. The van der Waals surface area contributed by atoms with Crippen molar-refractivity contribution < 1.29 is 9.59 Å². The van der Waals surface area contributed by atoms with Crippen LogP contribution in [0.25, 0.3) is 0 Å². The number of nitrogens with zero attached hydrogens (tertiary/aromatic N) is 1. The van der Waals surface area contributed by atoms with Crippen molar-refractivity contribution >= 4 is 11.8 Å². The van der Waals surface area contributed by atoms with Crippen LogP contribution < -0.4 is 10.6 Å². The van der Waals surface area contributed by atoms with Gasteiger partial charge in [-0.3, -0.25) is 9.59 Å². The first kappa shape index (κ1) is 15.9. The first-order valence-electron chi connectivity index (χ1n) is 6.10. The summed E-state index contributed by atoms with van der Waals surface area (Å²) >= 11 is 0. The van der Waals surface area contributed by atoms with Crippen LogP contribution in [0.4, 0.5) is 0 Å². The van der Waals surface area contributed by atoms with Crippen LogP contribution in [0.5, 0.6) is 0 Å². The standard InChI is InChI=1S/C12H25N3O2/c1-10(2)5-6-13-11(16)9-12(17)14-7-8-15(3)4/h10H,5-9H2,1-4H3,(H,13,16)(H,14,17). The molecule has 0 bridgehead atoms. The molecule has 0 atom stereocenters. The van der Waals surface area contributed by atoms with Crippen molar-refractivity contribution in [1.29, 1.82) is 0 Å². The van der Waals surface area contributed by atoms with E-state index >= 15 is 0 Å². The summed E-state index contributed by atoms with van der Waals surface area (Å²) < 4.78 is 0. The van der Waals surface area contributed by atoms with Gasteiger partial charge in [0, 0.05) is 19.6 Å². The second-order valence-electron chi connectivity index (χ2n) is 4.86. The van der Waals surface area contributed by atoms with E-state index in [9.17, 15) is 9.59 Å². The van der Waals surface area contributed by atoms with Crippen molar-refractivity contribution in [2.45, 2.75) is 26.7 Å². The minimum Gasteiger partial charge on any atom is -0.356 e. The molecule has 5 heteroatoms. The number of carbonyl (C=O) groups excluding carboxylic acids is 2. The summed E-state index contributed by atoms with van der Waals surface area (Å²) in [4.78, 5) is 24.7. The van der Waals surface area contributed by atoms with Gasteiger partial charge in [-0.15, -0.1) is 0 Å². The molecule has 2 N–H and O–H groups in total. The summed E-state index contributed by atoms with van der Waals surface area (Å²) in [5.74, 6) is 0.145. The van der Waals surface area contributed by atoms with Crippen LogP contribution in [0, 0.1) is 5.92 Å². The maximum absolute atomic E-state index is 11.3. The Labute approximate surface area is 104 Å². The molecule has 0 fully saturated rings. The molecule has 0 heterocycles. The minimum atomic E-state index is -0.214. The van der Waals surface area contributed by atoms with Crippen molar-refractivity contribution in [3.05, 3.63) is 0 Å². The normalized spacial score (nSPS) is 10.7. The number of hydrogen-bond donors (Lipinski definition) is 2. The minimum absolute atomic E-state index is 0.0779. The van der Waals surface area contributed by atoms with Crippen LogP contribution in [-0.4, -0.2) is 50.4 Å². The smallest absolute Gasteiger partial charge is 0.229 e. The Hall–Kier alpha value is -1.10. The topological polar surface area (TPSA) is 61.4 Å². The van der Waals surface area contributed by atoms with Gasteiger partial charge in [0.2, 0.25) is 11.8 Å². The lowest BCUT2D eigenvalue weighted by Crippen LogP contribution is -2.35. The Balaban J connectivity index is 3.56. The summed E-state index contributed by atoms with van der Waals surface area (Å²) in [6, 6.07) is 0. The molecule has 0 unspecified atom stereocenters. The molecule has 0 saturated heterocycles. The highest BCUT2D eigenvalue weighted by molar-refractivity contribution is 5.96. The van der Waals surface area contributed by atoms with Crippen molar-refractivity contribution in [2.24, 2.45) is 5.92 Å². The molecule has 0 aromatic rings. The Bertz CT molecular complexity index is 216. The maximum Gasteiger partial charge on any atom is 0.229 e. The van der Waals surface area contributed by atoms with E-state index in [1.807, 2.05) is 19.0 Å². The van der Waals surface area contributed by atoms with Crippen molar-refractivity contribution in [1.82, 2.24) is 15.5 Å². The average molecular weight is 243 g/mol. The monoisotopic (exact) mass is 243 g/mol. The van der Waals surface area contributed by atoms with E-state index < -0.39 is 0 Å². The number of rotatable bonds is 8. The second kappa shape index (κ2) is 8.98.